The number of rotatable bonds is 5. The Labute approximate surface area is 225 Å². The lowest BCUT2D eigenvalue weighted by atomic mass is 9.86. The number of amides is 3. The summed E-state index contributed by atoms with van der Waals surface area (Å²) >= 11 is 5.04. The van der Waals surface area contributed by atoms with E-state index in [-0.39, 0.29) is 59.3 Å². The van der Waals surface area contributed by atoms with Crippen molar-refractivity contribution in [3.8, 4) is 0 Å². The second-order valence-corrected chi connectivity index (χ2v) is 12.8. The van der Waals surface area contributed by atoms with Crippen LogP contribution < -0.4 is 21.7 Å². The Morgan fingerprint density at radius 2 is 1.05 bits per heavy atom. The van der Waals surface area contributed by atoms with E-state index in [0.29, 0.717) is 0 Å². The van der Waals surface area contributed by atoms with Gasteiger partial charge in [0, 0.05) is 36.0 Å². The Kier molecular flexibility index (Phi) is 11.1. The quantitative estimate of drug-likeness (QED) is 0.385. The summed E-state index contributed by atoms with van der Waals surface area (Å²) < 4.78 is 10.3. The monoisotopic (exact) mass is 544 g/mol. The van der Waals surface area contributed by atoms with Crippen LogP contribution in [0.3, 0.4) is 0 Å². The van der Waals surface area contributed by atoms with Gasteiger partial charge in [0.1, 0.15) is 11.2 Å². The van der Waals surface area contributed by atoms with Crippen LogP contribution >= 0.6 is 11.6 Å². The van der Waals surface area contributed by atoms with Crippen LogP contribution in [0.2, 0.25) is 0 Å². The first-order chi connectivity index (χ1) is 17.0. The van der Waals surface area contributed by atoms with Gasteiger partial charge in [0.05, 0.1) is 0 Å². The van der Waals surface area contributed by atoms with E-state index in [4.69, 9.17) is 26.8 Å². The van der Waals surface area contributed by atoms with E-state index in [2.05, 4.69) is 16.0 Å². The highest BCUT2D eigenvalue weighted by Gasteiger charge is 2.36. The molecule has 0 aromatic heterocycles. The summed E-state index contributed by atoms with van der Waals surface area (Å²) in [6, 6.07) is 0.812. The Balaban J connectivity index is 0.000000220. The van der Waals surface area contributed by atoms with Crippen molar-refractivity contribution < 1.29 is 28.7 Å². The van der Waals surface area contributed by atoms with E-state index < -0.39 is 11.2 Å². The molecule has 4 saturated carbocycles. The van der Waals surface area contributed by atoms with Crippen LogP contribution in [0.25, 0.3) is 0 Å². The molecule has 0 aliphatic heterocycles. The van der Waals surface area contributed by atoms with Gasteiger partial charge in [0.25, 0.3) is 0 Å². The molecule has 0 aromatic rings. The zero-order valence-electron chi connectivity index (χ0n) is 23.0. The summed E-state index contributed by atoms with van der Waals surface area (Å²) in [7, 11) is 0. The summed E-state index contributed by atoms with van der Waals surface area (Å²) in [5.41, 5.74) is 4.69. The number of carbonyl (C=O) groups is 4. The molecule has 4 fully saturated rings. The highest BCUT2D eigenvalue weighted by atomic mass is 35.5. The Bertz CT molecular complexity index is 805. The first kappa shape index (κ1) is 31.1. The van der Waals surface area contributed by atoms with Gasteiger partial charge >= 0.3 is 12.2 Å². The molecule has 37 heavy (non-hydrogen) atoms. The number of halogens is 1. The van der Waals surface area contributed by atoms with Crippen LogP contribution in [0.4, 0.5) is 9.59 Å². The van der Waals surface area contributed by atoms with Gasteiger partial charge < -0.3 is 31.2 Å². The number of hydrogen-bond acceptors (Lipinski definition) is 7. The van der Waals surface area contributed by atoms with Gasteiger partial charge in [0.15, 0.2) is 0 Å². The van der Waals surface area contributed by atoms with Crippen molar-refractivity contribution in [2.45, 2.75) is 128 Å². The fourth-order valence-electron chi connectivity index (χ4n) is 3.56. The molecular weight excluding hydrogens is 500 g/mol. The molecule has 3 amide bonds. The third-order valence-corrected chi connectivity index (χ3v) is 6.26. The van der Waals surface area contributed by atoms with Crippen LogP contribution in [-0.2, 0) is 19.1 Å². The largest absolute Gasteiger partial charge is 0.444 e. The molecule has 5 N–H and O–H groups in total. The average Bonchev–Trinajstić information content (AvgIpc) is 3.56. The summed E-state index contributed by atoms with van der Waals surface area (Å²) in [4.78, 5) is 44.2. The number of hydrogen-bond donors (Lipinski definition) is 4. The third-order valence-electron chi connectivity index (χ3n) is 5.95. The predicted molar refractivity (Wildman–Crippen MR) is 141 cm³/mol. The number of nitrogens with one attached hydrogen (secondary N) is 3. The second-order valence-electron chi connectivity index (χ2n) is 12.4. The maximum absolute atomic E-state index is 11.5. The fourth-order valence-corrected chi connectivity index (χ4v) is 3.77. The molecule has 10 nitrogen and oxygen atoms in total. The minimum absolute atomic E-state index is 0.129. The Morgan fingerprint density at radius 3 is 1.35 bits per heavy atom. The van der Waals surface area contributed by atoms with E-state index in [0.717, 1.165) is 51.4 Å². The first-order valence-corrected chi connectivity index (χ1v) is 13.6. The molecule has 11 heteroatoms. The molecule has 0 bridgehead atoms. The minimum Gasteiger partial charge on any atom is -0.444 e. The first-order valence-electron chi connectivity index (χ1n) is 13.2. The van der Waals surface area contributed by atoms with E-state index in [1.165, 1.54) is 0 Å². The Morgan fingerprint density at radius 1 is 0.676 bits per heavy atom. The lowest BCUT2D eigenvalue weighted by Gasteiger charge is -2.36. The van der Waals surface area contributed by atoms with Crippen LogP contribution in [0.1, 0.15) is 92.9 Å². The van der Waals surface area contributed by atoms with E-state index in [1.54, 1.807) is 0 Å². The number of ether oxygens (including phenoxy) is 2. The van der Waals surface area contributed by atoms with Gasteiger partial charge in [-0.15, -0.1) is 0 Å². The number of carbonyl (C=O) groups excluding carboxylic acids is 4. The van der Waals surface area contributed by atoms with Gasteiger partial charge in [-0.05, 0) is 105 Å². The lowest BCUT2D eigenvalue weighted by molar-refractivity contribution is -0.123. The van der Waals surface area contributed by atoms with Crippen molar-refractivity contribution in [3.05, 3.63) is 0 Å². The molecule has 0 radical (unpaired) electrons. The second kappa shape index (κ2) is 13.1. The molecule has 212 valence electrons. The van der Waals surface area contributed by atoms with Crippen LogP contribution in [-0.4, -0.2) is 58.7 Å². The van der Waals surface area contributed by atoms with Crippen molar-refractivity contribution in [1.82, 2.24) is 16.0 Å². The molecule has 0 aromatic carbocycles. The molecule has 4 aliphatic rings. The molecule has 0 atom stereocenters. The van der Waals surface area contributed by atoms with E-state index in [1.807, 2.05) is 41.5 Å². The van der Waals surface area contributed by atoms with Crippen molar-refractivity contribution >= 4 is 34.9 Å². The van der Waals surface area contributed by atoms with E-state index in [9.17, 15) is 19.2 Å². The molecule has 4 rings (SSSR count). The smallest absolute Gasteiger partial charge is 0.407 e. The number of nitrogens with two attached hydrogens (primary N) is 1. The summed E-state index contributed by atoms with van der Waals surface area (Å²) in [6.45, 7) is 11.1. The zero-order valence-corrected chi connectivity index (χ0v) is 23.8. The molecule has 0 unspecified atom stereocenters. The maximum Gasteiger partial charge on any atom is 0.407 e. The Hall–Kier alpha value is -2.07. The summed E-state index contributed by atoms with van der Waals surface area (Å²) in [5, 5.41) is 8.41. The predicted octanol–water partition coefficient (Wildman–Crippen LogP) is 3.73. The van der Waals surface area contributed by atoms with Crippen LogP contribution in [0.5, 0.6) is 0 Å². The molecule has 0 heterocycles. The van der Waals surface area contributed by atoms with Gasteiger partial charge in [0.2, 0.25) is 11.1 Å². The maximum atomic E-state index is 11.5. The molecular formula is C26H45ClN4O6. The van der Waals surface area contributed by atoms with Gasteiger partial charge in [-0.3, -0.25) is 9.59 Å². The van der Waals surface area contributed by atoms with Crippen LogP contribution in [0, 0.1) is 11.8 Å². The van der Waals surface area contributed by atoms with Gasteiger partial charge in [-0.25, -0.2) is 9.59 Å². The number of alkyl carbamates (subject to hydrolysis) is 2. The highest BCUT2D eigenvalue weighted by molar-refractivity contribution is 6.64. The molecule has 0 saturated heterocycles. The van der Waals surface area contributed by atoms with Gasteiger partial charge in [-0.1, -0.05) is 0 Å². The van der Waals surface area contributed by atoms with E-state index >= 15 is 0 Å². The van der Waals surface area contributed by atoms with Crippen molar-refractivity contribution in [1.29, 1.82) is 0 Å². The minimum atomic E-state index is -0.465. The highest BCUT2D eigenvalue weighted by Crippen LogP contribution is 2.31. The molecule has 4 aliphatic carbocycles. The third kappa shape index (κ3) is 13.9. The van der Waals surface area contributed by atoms with Crippen molar-refractivity contribution in [3.63, 3.8) is 0 Å². The summed E-state index contributed by atoms with van der Waals surface area (Å²) in [5.74, 6) is 0.658. The van der Waals surface area contributed by atoms with Crippen molar-refractivity contribution in [2.75, 3.05) is 0 Å². The fraction of sp³-hybridized carbons (Fsp3) is 0.846. The van der Waals surface area contributed by atoms with Gasteiger partial charge in [-0.2, -0.15) is 0 Å². The zero-order chi connectivity index (χ0) is 28.0. The standard InChI is InChI=1S/C13H22N2O3.C9H18N2O2.C4H5ClO/c1-13(2,3)18-12(17)15-10-6-9(7-10)14-11(16)8-4-5-8;1-9(2,3)13-8(12)11-7-4-6(10)5-7;5-4(6)3-1-2-3/h8-10H,4-7H2,1-3H3,(H,14,16)(H,15,17);6-7H,4-5,10H2,1-3H3,(H,11,12);3H,1-2H2. The summed E-state index contributed by atoms with van der Waals surface area (Å²) in [6.07, 6.45) is 6.69. The van der Waals surface area contributed by atoms with Crippen LogP contribution in [0.15, 0.2) is 0 Å². The molecule has 0 spiro atoms. The topological polar surface area (TPSA) is 149 Å². The van der Waals surface area contributed by atoms with Crippen molar-refractivity contribution in [2.24, 2.45) is 17.6 Å². The normalized spacial score (nSPS) is 26.3. The lowest BCUT2D eigenvalue weighted by Crippen LogP contribution is -2.54. The SMILES string of the molecule is CC(C)(C)OC(=O)NC1CC(N)C1.CC(C)(C)OC(=O)NC1CC(NC(=O)C2CC2)C1.O=C(Cl)C1CC1. The average molecular weight is 545 g/mol.